The molecule has 2 nitrogen and oxygen atoms in total. The molecule has 0 saturated heterocycles. The summed E-state index contributed by atoms with van der Waals surface area (Å²) >= 11 is 0. The number of alkyl halides is 3. The van der Waals surface area contributed by atoms with Crippen LogP contribution in [0.25, 0.3) is 11.1 Å². The minimum absolute atomic E-state index is 0.0921. The first kappa shape index (κ1) is 17.8. The number of ketones is 1. The Kier molecular flexibility index (Phi) is 4.86. The molecule has 0 bridgehead atoms. The maximum Gasteiger partial charge on any atom is 0.422 e. The number of ether oxygens (including phenoxy) is 1. The summed E-state index contributed by atoms with van der Waals surface area (Å²) in [6.07, 6.45) is -4.63. The fraction of sp³-hybridized carbons (Fsp3) is 0.188. The van der Waals surface area contributed by atoms with Crippen molar-refractivity contribution in [2.75, 3.05) is 6.61 Å². The highest BCUT2D eigenvalue weighted by molar-refractivity contribution is 5.96. The first-order chi connectivity index (χ1) is 11.1. The summed E-state index contributed by atoms with van der Waals surface area (Å²) in [4.78, 5) is 11.4. The monoisotopic (exact) mass is 348 g/mol. The van der Waals surface area contributed by atoms with Crippen LogP contribution in [0, 0.1) is 17.5 Å². The quantitative estimate of drug-likeness (QED) is 0.446. The Morgan fingerprint density at radius 3 is 2.12 bits per heavy atom. The van der Waals surface area contributed by atoms with E-state index in [4.69, 9.17) is 0 Å². The number of halogens is 6. The van der Waals surface area contributed by atoms with E-state index in [0.717, 1.165) is 12.1 Å². The van der Waals surface area contributed by atoms with Crippen LogP contribution in [-0.2, 0) is 0 Å². The van der Waals surface area contributed by atoms with Gasteiger partial charge in [0.1, 0.15) is 5.75 Å². The van der Waals surface area contributed by atoms with Crippen LogP contribution in [0.4, 0.5) is 26.3 Å². The van der Waals surface area contributed by atoms with Crippen LogP contribution in [0.5, 0.6) is 5.75 Å². The highest BCUT2D eigenvalue weighted by Gasteiger charge is 2.29. The van der Waals surface area contributed by atoms with Crippen molar-refractivity contribution in [2.24, 2.45) is 0 Å². The van der Waals surface area contributed by atoms with E-state index in [1.54, 1.807) is 0 Å². The molecule has 0 radical (unpaired) electrons. The molecule has 0 aliphatic carbocycles. The Labute approximate surface area is 132 Å². The van der Waals surface area contributed by atoms with Crippen molar-refractivity contribution < 1.29 is 35.9 Å². The van der Waals surface area contributed by atoms with Crippen molar-refractivity contribution >= 4 is 5.78 Å². The SMILES string of the molecule is CC(=O)c1ccc(OCC(F)(F)F)c(-c2cc(F)c(F)c(F)c2)c1. The number of benzene rings is 2. The summed E-state index contributed by atoms with van der Waals surface area (Å²) in [5.74, 6) is -5.50. The van der Waals surface area contributed by atoms with Crippen LogP contribution in [0.15, 0.2) is 30.3 Å². The summed E-state index contributed by atoms with van der Waals surface area (Å²) in [7, 11) is 0. The highest BCUT2D eigenvalue weighted by atomic mass is 19.4. The van der Waals surface area contributed by atoms with Gasteiger partial charge in [-0.1, -0.05) is 0 Å². The van der Waals surface area contributed by atoms with E-state index in [1.807, 2.05) is 0 Å². The van der Waals surface area contributed by atoms with Gasteiger partial charge in [-0.15, -0.1) is 0 Å². The van der Waals surface area contributed by atoms with Crippen molar-refractivity contribution in [1.82, 2.24) is 0 Å². The lowest BCUT2D eigenvalue weighted by molar-refractivity contribution is -0.153. The Morgan fingerprint density at radius 2 is 1.62 bits per heavy atom. The molecule has 0 heterocycles. The number of hydrogen-bond acceptors (Lipinski definition) is 2. The maximum absolute atomic E-state index is 13.4. The minimum Gasteiger partial charge on any atom is -0.483 e. The van der Waals surface area contributed by atoms with Crippen molar-refractivity contribution in [3.63, 3.8) is 0 Å². The molecule has 2 aromatic carbocycles. The molecule has 2 rings (SSSR count). The summed E-state index contributed by atoms with van der Waals surface area (Å²) in [5, 5.41) is 0. The van der Waals surface area contributed by atoms with E-state index >= 15 is 0 Å². The molecule has 0 unspecified atom stereocenters. The van der Waals surface area contributed by atoms with E-state index in [2.05, 4.69) is 4.74 Å². The van der Waals surface area contributed by atoms with E-state index in [0.29, 0.717) is 12.1 Å². The molecule has 8 heteroatoms. The zero-order valence-electron chi connectivity index (χ0n) is 12.2. The topological polar surface area (TPSA) is 26.3 Å². The average Bonchev–Trinajstić information content (AvgIpc) is 2.49. The smallest absolute Gasteiger partial charge is 0.422 e. The van der Waals surface area contributed by atoms with Gasteiger partial charge in [-0.3, -0.25) is 4.79 Å². The summed E-state index contributed by atoms with van der Waals surface area (Å²) in [6.45, 7) is -0.424. The van der Waals surface area contributed by atoms with Crippen LogP contribution < -0.4 is 4.74 Å². The van der Waals surface area contributed by atoms with Gasteiger partial charge < -0.3 is 4.74 Å². The number of carbonyl (C=O) groups is 1. The molecule has 0 amide bonds. The summed E-state index contributed by atoms with van der Waals surface area (Å²) < 4.78 is 81.4. The molecule has 0 atom stereocenters. The largest absolute Gasteiger partial charge is 0.483 e. The van der Waals surface area contributed by atoms with Gasteiger partial charge in [-0.2, -0.15) is 13.2 Å². The van der Waals surface area contributed by atoms with Crippen LogP contribution >= 0.6 is 0 Å². The maximum atomic E-state index is 13.4. The third kappa shape index (κ3) is 4.06. The molecule has 0 fully saturated rings. The Bertz CT molecular complexity index is 760. The number of Topliss-reactive ketones (excluding diaryl/α,β-unsaturated/α-hetero) is 1. The fourth-order valence-electron chi connectivity index (χ4n) is 1.97. The molecule has 128 valence electrons. The van der Waals surface area contributed by atoms with E-state index in [1.165, 1.54) is 13.0 Å². The molecule has 2 aromatic rings. The molecule has 0 spiro atoms. The lowest BCUT2D eigenvalue weighted by Gasteiger charge is -2.14. The molecule has 24 heavy (non-hydrogen) atoms. The second-order valence-corrected chi connectivity index (χ2v) is 4.92. The van der Waals surface area contributed by atoms with Crippen LogP contribution in [0.1, 0.15) is 17.3 Å². The van der Waals surface area contributed by atoms with Crippen LogP contribution in [0.3, 0.4) is 0 Å². The highest BCUT2D eigenvalue weighted by Crippen LogP contribution is 2.34. The molecule has 0 aliphatic rings. The predicted octanol–water partition coefficient (Wildman–Crippen LogP) is 4.91. The predicted molar refractivity (Wildman–Crippen MR) is 73.3 cm³/mol. The third-order valence-electron chi connectivity index (χ3n) is 3.07. The van der Waals surface area contributed by atoms with E-state index in [-0.39, 0.29) is 22.4 Å². The molecule has 0 aromatic heterocycles. The van der Waals surface area contributed by atoms with Gasteiger partial charge in [0.05, 0.1) is 0 Å². The van der Waals surface area contributed by atoms with Gasteiger partial charge in [-0.05, 0) is 42.8 Å². The first-order valence-corrected chi connectivity index (χ1v) is 6.58. The van der Waals surface area contributed by atoms with Gasteiger partial charge in [0.2, 0.25) is 0 Å². The van der Waals surface area contributed by atoms with Crippen molar-refractivity contribution in [3.8, 4) is 16.9 Å². The van der Waals surface area contributed by atoms with Crippen LogP contribution in [-0.4, -0.2) is 18.6 Å². The third-order valence-corrected chi connectivity index (χ3v) is 3.07. The zero-order valence-corrected chi connectivity index (χ0v) is 12.2. The van der Waals surface area contributed by atoms with Crippen molar-refractivity contribution in [2.45, 2.75) is 13.1 Å². The molecule has 0 N–H and O–H groups in total. The van der Waals surface area contributed by atoms with Gasteiger partial charge >= 0.3 is 6.18 Å². The standard InChI is InChI=1S/C16H10F6O2/c1-8(23)9-2-3-14(24-7-16(20,21)22)11(4-9)10-5-12(17)15(19)13(18)6-10/h2-6H,7H2,1H3. The Hall–Kier alpha value is -2.51. The number of hydrogen-bond donors (Lipinski definition) is 0. The first-order valence-electron chi connectivity index (χ1n) is 6.58. The second-order valence-electron chi connectivity index (χ2n) is 4.92. The van der Waals surface area contributed by atoms with Crippen molar-refractivity contribution in [3.05, 3.63) is 53.3 Å². The summed E-state index contributed by atoms with van der Waals surface area (Å²) in [5.41, 5.74) is -0.328. The van der Waals surface area contributed by atoms with Gasteiger partial charge in [0, 0.05) is 11.1 Å². The van der Waals surface area contributed by atoms with Gasteiger partial charge in [0.25, 0.3) is 0 Å². The minimum atomic E-state index is -4.63. The lowest BCUT2D eigenvalue weighted by atomic mass is 10.00. The van der Waals surface area contributed by atoms with E-state index in [9.17, 15) is 31.1 Å². The van der Waals surface area contributed by atoms with Crippen LogP contribution in [0.2, 0.25) is 0 Å². The van der Waals surface area contributed by atoms with Gasteiger partial charge in [0.15, 0.2) is 29.8 Å². The average molecular weight is 348 g/mol. The van der Waals surface area contributed by atoms with E-state index < -0.39 is 36.0 Å². The van der Waals surface area contributed by atoms with Gasteiger partial charge in [-0.25, -0.2) is 13.2 Å². The molecular formula is C16H10F6O2. The lowest BCUT2D eigenvalue weighted by Crippen LogP contribution is -2.19. The molecular weight excluding hydrogens is 338 g/mol. The molecule has 0 saturated carbocycles. The fourth-order valence-corrected chi connectivity index (χ4v) is 1.97. The number of rotatable bonds is 4. The Morgan fingerprint density at radius 1 is 1.04 bits per heavy atom. The number of carbonyl (C=O) groups excluding carboxylic acids is 1. The molecule has 0 aliphatic heterocycles. The van der Waals surface area contributed by atoms with Crippen molar-refractivity contribution in [1.29, 1.82) is 0 Å². The zero-order chi connectivity index (χ0) is 18.1. The summed E-state index contributed by atoms with van der Waals surface area (Å²) in [6, 6.07) is 4.64. The second kappa shape index (κ2) is 6.54. The normalized spacial score (nSPS) is 11.5. The Balaban J connectivity index is 2.56.